The summed E-state index contributed by atoms with van der Waals surface area (Å²) in [4.78, 5) is 0. The summed E-state index contributed by atoms with van der Waals surface area (Å²) in [5.74, 6) is 0.155. The van der Waals surface area contributed by atoms with Crippen LogP contribution in [0.5, 0.6) is 0 Å². The summed E-state index contributed by atoms with van der Waals surface area (Å²) in [6, 6.07) is 0. The van der Waals surface area contributed by atoms with E-state index in [1.54, 1.807) is 13.0 Å². The Balaban J connectivity index is 3.88. The van der Waals surface area contributed by atoms with E-state index < -0.39 is 0 Å². The van der Waals surface area contributed by atoms with Crippen LogP contribution in [0, 0.1) is 5.92 Å². The molecule has 11 heavy (non-hydrogen) atoms. The van der Waals surface area contributed by atoms with Crippen LogP contribution < -0.4 is 0 Å². The second kappa shape index (κ2) is 5.96. The van der Waals surface area contributed by atoms with Gasteiger partial charge in [0.15, 0.2) is 0 Å². The highest BCUT2D eigenvalue weighted by Crippen LogP contribution is 2.09. The molecule has 0 radical (unpaired) electrons. The van der Waals surface area contributed by atoms with E-state index in [9.17, 15) is 5.11 Å². The van der Waals surface area contributed by atoms with E-state index in [1.807, 2.05) is 19.1 Å². The van der Waals surface area contributed by atoms with Gasteiger partial charge in [0, 0.05) is 5.92 Å². The van der Waals surface area contributed by atoms with Crippen LogP contribution in [0.25, 0.3) is 0 Å². The highest BCUT2D eigenvalue weighted by Gasteiger charge is 2.07. The minimum Gasteiger partial charge on any atom is -0.393 e. The van der Waals surface area contributed by atoms with Crippen LogP contribution in [0.2, 0.25) is 0 Å². The van der Waals surface area contributed by atoms with Gasteiger partial charge in [0.1, 0.15) is 0 Å². The largest absolute Gasteiger partial charge is 0.393 e. The summed E-state index contributed by atoms with van der Waals surface area (Å²) < 4.78 is 0. The molecule has 0 saturated carbocycles. The highest BCUT2D eigenvalue weighted by atomic mass is 16.3. The van der Waals surface area contributed by atoms with Crippen molar-refractivity contribution in [1.29, 1.82) is 0 Å². The van der Waals surface area contributed by atoms with Crippen molar-refractivity contribution in [3.05, 3.63) is 30.5 Å². The molecule has 0 aliphatic heterocycles. The smallest absolute Gasteiger partial charge is 0.0577 e. The lowest BCUT2D eigenvalue weighted by Crippen LogP contribution is -2.12. The van der Waals surface area contributed by atoms with Crippen molar-refractivity contribution in [2.75, 3.05) is 0 Å². The van der Waals surface area contributed by atoms with Crippen molar-refractivity contribution in [3.63, 3.8) is 0 Å². The van der Waals surface area contributed by atoms with Crippen molar-refractivity contribution in [1.82, 2.24) is 0 Å². The Bertz CT molecular complexity index is 162. The fourth-order valence-corrected chi connectivity index (χ4v) is 0.812. The molecule has 1 heteroatoms. The molecule has 0 aromatic rings. The van der Waals surface area contributed by atoms with Crippen LogP contribution in [-0.2, 0) is 0 Å². The van der Waals surface area contributed by atoms with Gasteiger partial charge in [-0.15, -0.1) is 12.3 Å². The van der Waals surface area contributed by atoms with Gasteiger partial charge in [-0.3, -0.25) is 0 Å². The molecule has 1 nitrogen and oxygen atoms in total. The Kier molecular flexibility index (Phi) is 5.54. The zero-order valence-corrected chi connectivity index (χ0v) is 7.25. The molecule has 0 aromatic carbocycles. The fraction of sp³-hybridized carbons (Fsp3) is 0.500. The molecule has 0 aliphatic rings. The van der Waals surface area contributed by atoms with E-state index in [2.05, 4.69) is 12.3 Å². The van der Waals surface area contributed by atoms with Crippen LogP contribution in [0.1, 0.15) is 20.3 Å². The minimum atomic E-state index is -0.317. The fourth-order valence-electron chi connectivity index (χ4n) is 0.812. The van der Waals surface area contributed by atoms with E-state index in [-0.39, 0.29) is 12.0 Å². The Hall–Kier alpha value is -0.780. The maximum Gasteiger partial charge on any atom is 0.0577 e. The van der Waals surface area contributed by atoms with Gasteiger partial charge in [0.2, 0.25) is 0 Å². The number of allylic oxidation sites excluding steroid dienone is 1. The summed E-state index contributed by atoms with van der Waals surface area (Å²) in [5, 5.41) is 9.18. The summed E-state index contributed by atoms with van der Waals surface area (Å²) in [6.07, 6.45) is 6.04. The molecule has 62 valence electrons. The summed E-state index contributed by atoms with van der Waals surface area (Å²) in [7, 11) is 0. The third-order valence-electron chi connectivity index (χ3n) is 1.60. The molecule has 0 amide bonds. The number of aliphatic hydroxyl groups excluding tert-OH is 1. The van der Waals surface area contributed by atoms with Gasteiger partial charge in [-0.05, 0) is 32.4 Å². The Morgan fingerprint density at radius 2 is 2.27 bits per heavy atom. The lowest BCUT2D eigenvalue weighted by molar-refractivity contribution is 0.150. The van der Waals surface area contributed by atoms with E-state index >= 15 is 0 Å². The van der Waals surface area contributed by atoms with Crippen molar-refractivity contribution < 1.29 is 5.11 Å². The van der Waals surface area contributed by atoms with Crippen molar-refractivity contribution in [2.45, 2.75) is 26.4 Å². The van der Waals surface area contributed by atoms with Crippen LogP contribution in [0.3, 0.4) is 0 Å². The first-order valence-electron chi connectivity index (χ1n) is 3.88. The third-order valence-corrected chi connectivity index (χ3v) is 1.60. The van der Waals surface area contributed by atoms with Crippen molar-refractivity contribution >= 4 is 0 Å². The summed E-state index contributed by atoms with van der Waals surface area (Å²) in [5.41, 5.74) is 2.96. The number of hydrogen-bond acceptors (Lipinski definition) is 1. The van der Waals surface area contributed by atoms with Crippen LogP contribution in [0.15, 0.2) is 30.5 Å². The normalized spacial score (nSPS) is 14.5. The van der Waals surface area contributed by atoms with Gasteiger partial charge in [-0.1, -0.05) is 6.08 Å². The lowest BCUT2D eigenvalue weighted by Gasteiger charge is -2.11. The molecule has 2 unspecified atom stereocenters. The predicted molar refractivity (Wildman–Crippen MR) is 48.3 cm³/mol. The Morgan fingerprint density at radius 3 is 2.64 bits per heavy atom. The van der Waals surface area contributed by atoms with Gasteiger partial charge in [-0.2, -0.15) is 0 Å². The third kappa shape index (κ3) is 4.60. The van der Waals surface area contributed by atoms with E-state index in [0.717, 1.165) is 6.42 Å². The van der Waals surface area contributed by atoms with Gasteiger partial charge in [-0.25, -0.2) is 0 Å². The zero-order valence-electron chi connectivity index (χ0n) is 7.25. The number of hydrogen-bond donors (Lipinski definition) is 1. The summed E-state index contributed by atoms with van der Waals surface area (Å²) >= 11 is 0. The van der Waals surface area contributed by atoms with Crippen LogP contribution in [0.4, 0.5) is 0 Å². The van der Waals surface area contributed by atoms with E-state index in [4.69, 9.17) is 0 Å². The monoisotopic (exact) mass is 152 g/mol. The predicted octanol–water partition coefficient (Wildman–Crippen LogP) is 2.29. The van der Waals surface area contributed by atoms with Gasteiger partial charge in [0.05, 0.1) is 6.10 Å². The Labute approximate surface area is 68.7 Å². The molecule has 0 heterocycles. The Morgan fingerprint density at radius 1 is 1.64 bits per heavy atom. The maximum absolute atomic E-state index is 9.18. The standard InChI is InChI=1S/C10H16O/c1-4-6-7-8-10(5-2)9(3)11/h4-5,7,9-11H,2,8H2,1,3H3. The lowest BCUT2D eigenvalue weighted by atomic mass is 10.0. The van der Waals surface area contributed by atoms with Crippen LogP contribution in [-0.4, -0.2) is 11.2 Å². The maximum atomic E-state index is 9.18. The molecule has 0 aliphatic carbocycles. The summed E-state index contributed by atoms with van der Waals surface area (Å²) in [6.45, 7) is 7.34. The van der Waals surface area contributed by atoms with E-state index in [0.29, 0.717) is 0 Å². The van der Waals surface area contributed by atoms with Gasteiger partial charge >= 0.3 is 0 Å². The quantitative estimate of drug-likeness (QED) is 0.484. The topological polar surface area (TPSA) is 20.2 Å². The molecule has 0 saturated heterocycles. The molecule has 0 rings (SSSR count). The number of aliphatic hydroxyl groups is 1. The molecule has 0 spiro atoms. The van der Waals surface area contributed by atoms with Crippen LogP contribution >= 0.6 is 0 Å². The first-order valence-corrected chi connectivity index (χ1v) is 3.88. The molecule has 1 N–H and O–H groups in total. The SMILES string of the molecule is C=CC(CC=C=CC)C(C)O. The zero-order chi connectivity index (χ0) is 8.69. The second-order valence-corrected chi connectivity index (χ2v) is 2.54. The van der Waals surface area contributed by atoms with Crippen molar-refractivity contribution in [3.8, 4) is 0 Å². The van der Waals surface area contributed by atoms with Crippen molar-refractivity contribution in [2.24, 2.45) is 5.92 Å². The first-order chi connectivity index (χ1) is 5.22. The molecule has 0 bridgehead atoms. The molecular weight excluding hydrogens is 136 g/mol. The minimum absolute atomic E-state index is 0.155. The molecular formula is C10H16O. The highest BCUT2D eigenvalue weighted by molar-refractivity contribution is 4.91. The van der Waals surface area contributed by atoms with E-state index in [1.165, 1.54) is 0 Å². The van der Waals surface area contributed by atoms with Gasteiger partial charge < -0.3 is 5.11 Å². The first kappa shape index (κ1) is 10.2. The average molecular weight is 152 g/mol. The molecule has 0 aromatic heterocycles. The molecule has 2 atom stereocenters. The average Bonchev–Trinajstić information content (AvgIpc) is 1.97. The van der Waals surface area contributed by atoms with Gasteiger partial charge in [0.25, 0.3) is 0 Å². The number of rotatable bonds is 4. The second-order valence-electron chi connectivity index (χ2n) is 2.54. The molecule has 0 fully saturated rings.